The summed E-state index contributed by atoms with van der Waals surface area (Å²) >= 11 is 0. The van der Waals surface area contributed by atoms with Crippen LogP contribution >= 0.6 is 0 Å². The van der Waals surface area contributed by atoms with E-state index in [1.165, 1.54) is 6.07 Å². The highest BCUT2D eigenvalue weighted by atomic mass is 32.2. The molecule has 2 amide bonds. The summed E-state index contributed by atoms with van der Waals surface area (Å²) in [4.78, 5) is 26.9. The van der Waals surface area contributed by atoms with E-state index < -0.39 is 33.7 Å². The van der Waals surface area contributed by atoms with Crippen LogP contribution in [0.15, 0.2) is 77.7 Å². The van der Waals surface area contributed by atoms with Crippen LogP contribution in [0.5, 0.6) is 5.75 Å². The zero-order chi connectivity index (χ0) is 34.0. The summed E-state index contributed by atoms with van der Waals surface area (Å²) < 4.78 is 40.4. The Morgan fingerprint density at radius 2 is 1.62 bits per heavy atom. The molecule has 4 rings (SSSR count). The fraction of sp³-hybridized carbons (Fsp3) is 0.459. The molecule has 9 nitrogen and oxygen atoms in total. The summed E-state index contributed by atoms with van der Waals surface area (Å²) in [5.41, 5.74) is 2.87. The van der Waals surface area contributed by atoms with E-state index in [9.17, 15) is 23.1 Å². The average Bonchev–Trinajstić information content (AvgIpc) is 3.04. The normalized spacial score (nSPS) is 14.7. The third-order valence-electron chi connectivity index (χ3n) is 8.29. The number of aliphatic hydroxyl groups excluding tert-OH is 1. The molecule has 0 unspecified atom stereocenters. The Balaban J connectivity index is 1.47. The first-order valence-electron chi connectivity index (χ1n) is 16.5. The number of nitrogens with one attached hydrogen (secondary N) is 1. The highest BCUT2D eigenvalue weighted by molar-refractivity contribution is 7.90. The van der Waals surface area contributed by atoms with Crippen molar-refractivity contribution in [3.05, 3.63) is 83.9 Å². The second-order valence-corrected chi connectivity index (χ2v) is 14.7. The molecule has 3 aromatic rings. The number of ether oxygens (including phenoxy) is 2. The van der Waals surface area contributed by atoms with Crippen LogP contribution in [0.25, 0.3) is 11.1 Å². The van der Waals surface area contributed by atoms with Gasteiger partial charge in [-0.1, -0.05) is 74.0 Å². The first-order chi connectivity index (χ1) is 22.4. The third kappa shape index (κ3) is 10.3. The van der Waals surface area contributed by atoms with Crippen LogP contribution in [-0.4, -0.2) is 55.2 Å². The smallest absolute Gasteiger partial charge is 0.410 e. The number of carbonyl (C=O) groups is 2. The summed E-state index contributed by atoms with van der Waals surface area (Å²) in [7, 11) is -4.11. The van der Waals surface area contributed by atoms with Gasteiger partial charge in [-0.05, 0) is 93.7 Å². The Morgan fingerprint density at radius 1 is 0.957 bits per heavy atom. The summed E-state index contributed by atoms with van der Waals surface area (Å²) in [5.74, 6) is -0.300. The molecular weight excluding hydrogens is 616 g/mol. The van der Waals surface area contributed by atoms with E-state index in [0.29, 0.717) is 24.9 Å². The molecule has 254 valence electrons. The molecule has 3 aromatic carbocycles. The Hall–Kier alpha value is -3.89. The van der Waals surface area contributed by atoms with Crippen molar-refractivity contribution in [2.45, 2.75) is 102 Å². The lowest BCUT2D eigenvalue weighted by atomic mass is 9.97. The largest absolute Gasteiger partial charge is 0.489 e. The molecule has 10 heteroatoms. The van der Waals surface area contributed by atoms with Gasteiger partial charge in [-0.2, -0.15) is 0 Å². The van der Waals surface area contributed by atoms with Crippen LogP contribution in [0.4, 0.5) is 4.79 Å². The number of hydrogen-bond donors (Lipinski definition) is 2. The van der Waals surface area contributed by atoms with Crippen LogP contribution in [0, 0.1) is 0 Å². The van der Waals surface area contributed by atoms with Gasteiger partial charge in [0.2, 0.25) is 5.91 Å². The van der Waals surface area contributed by atoms with Crippen molar-refractivity contribution in [1.29, 1.82) is 0 Å². The predicted octanol–water partition coefficient (Wildman–Crippen LogP) is 7.18. The van der Waals surface area contributed by atoms with Gasteiger partial charge >= 0.3 is 6.09 Å². The molecule has 0 aliphatic heterocycles. The number of carbonyl (C=O) groups excluding carboxylic acids is 2. The number of benzene rings is 3. The zero-order valence-electron chi connectivity index (χ0n) is 27.9. The fourth-order valence-corrected chi connectivity index (χ4v) is 6.78. The van der Waals surface area contributed by atoms with Crippen molar-refractivity contribution in [2.24, 2.45) is 0 Å². The minimum Gasteiger partial charge on any atom is -0.489 e. The monoisotopic (exact) mass is 664 g/mol. The fourth-order valence-electron chi connectivity index (χ4n) is 5.65. The van der Waals surface area contributed by atoms with E-state index in [2.05, 4.69) is 4.72 Å². The van der Waals surface area contributed by atoms with Crippen molar-refractivity contribution in [3.8, 4) is 16.9 Å². The van der Waals surface area contributed by atoms with E-state index in [0.717, 1.165) is 48.8 Å². The standard InChI is InChI=1S/C37H48N2O7S/c1-5-12-35(41)38-47(43,44)34-22-21-30(25-33(34)46-31-15-10-7-11-16-31)28-19-17-27(18-20-28)23-24-39(37(2,3)4)36(42)45-26-32(40)29-13-8-6-9-14-29/h6,8-9,13-14,17-22,25,31-32,40H,5,7,10-12,15-16,23-24,26H2,1-4H3,(H,38,41)/t32-/m0/s1. The van der Waals surface area contributed by atoms with E-state index >= 15 is 0 Å². The lowest BCUT2D eigenvalue weighted by Crippen LogP contribution is -2.47. The van der Waals surface area contributed by atoms with Gasteiger partial charge in [-0.25, -0.2) is 17.9 Å². The first kappa shape index (κ1) is 36.0. The molecule has 1 aliphatic carbocycles. The number of nitrogens with zero attached hydrogens (tertiary/aromatic N) is 1. The SMILES string of the molecule is CCCC(=O)NS(=O)(=O)c1ccc(-c2ccc(CCN(C(=O)OC[C@H](O)c3ccccc3)C(C)(C)C)cc2)cc1OC1CCCCC1. The van der Waals surface area contributed by atoms with Gasteiger partial charge in [0.1, 0.15) is 23.4 Å². The van der Waals surface area contributed by atoms with Crippen LogP contribution in [0.2, 0.25) is 0 Å². The molecule has 2 N–H and O–H groups in total. The predicted molar refractivity (Wildman–Crippen MR) is 183 cm³/mol. The Morgan fingerprint density at radius 3 is 2.26 bits per heavy atom. The average molecular weight is 665 g/mol. The lowest BCUT2D eigenvalue weighted by molar-refractivity contribution is -0.119. The highest BCUT2D eigenvalue weighted by Crippen LogP contribution is 2.33. The lowest BCUT2D eigenvalue weighted by Gasteiger charge is -2.35. The quantitative estimate of drug-likeness (QED) is 0.198. The van der Waals surface area contributed by atoms with Crippen LogP contribution in [0.1, 0.15) is 89.9 Å². The van der Waals surface area contributed by atoms with E-state index in [1.807, 2.05) is 70.2 Å². The molecule has 1 aliphatic rings. The van der Waals surface area contributed by atoms with Gasteiger partial charge in [0.25, 0.3) is 10.0 Å². The van der Waals surface area contributed by atoms with Crippen molar-refractivity contribution in [2.75, 3.05) is 13.2 Å². The topological polar surface area (TPSA) is 122 Å². The molecule has 0 spiro atoms. The number of sulfonamides is 1. The van der Waals surface area contributed by atoms with E-state index in [-0.39, 0.29) is 29.8 Å². The molecule has 0 aromatic heterocycles. The zero-order valence-corrected chi connectivity index (χ0v) is 28.7. The molecule has 0 bridgehead atoms. The molecule has 0 radical (unpaired) electrons. The minimum atomic E-state index is -4.11. The maximum atomic E-state index is 13.2. The van der Waals surface area contributed by atoms with Crippen molar-refractivity contribution in [3.63, 3.8) is 0 Å². The van der Waals surface area contributed by atoms with Crippen molar-refractivity contribution >= 4 is 22.0 Å². The number of aliphatic hydroxyl groups is 1. The van der Waals surface area contributed by atoms with Gasteiger partial charge < -0.3 is 19.5 Å². The summed E-state index contributed by atoms with van der Waals surface area (Å²) in [6.07, 6.45) is 4.67. The number of hydrogen-bond acceptors (Lipinski definition) is 7. The van der Waals surface area contributed by atoms with Gasteiger partial charge in [-0.3, -0.25) is 4.79 Å². The molecule has 0 saturated heterocycles. The van der Waals surface area contributed by atoms with Crippen molar-refractivity contribution < 1.29 is 32.6 Å². The summed E-state index contributed by atoms with van der Waals surface area (Å²) in [6.45, 7) is 7.92. The van der Waals surface area contributed by atoms with E-state index in [4.69, 9.17) is 9.47 Å². The van der Waals surface area contributed by atoms with Crippen LogP contribution < -0.4 is 9.46 Å². The molecule has 0 heterocycles. The first-order valence-corrected chi connectivity index (χ1v) is 18.0. The molecule has 47 heavy (non-hydrogen) atoms. The Kier molecular flexibility index (Phi) is 12.5. The minimum absolute atomic E-state index is 0.0432. The van der Waals surface area contributed by atoms with Gasteiger partial charge in [0.05, 0.1) is 6.10 Å². The number of rotatable bonds is 13. The van der Waals surface area contributed by atoms with E-state index in [1.54, 1.807) is 29.2 Å². The number of amides is 2. The molecule has 1 fully saturated rings. The third-order valence-corrected chi connectivity index (χ3v) is 9.71. The second-order valence-electron chi connectivity index (χ2n) is 13.1. The molecule has 1 atom stereocenters. The Bertz CT molecular complexity index is 1580. The maximum absolute atomic E-state index is 13.2. The summed E-state index contributed by atoms with van der Waals surface area (Å²) in [6, 6.07) is 22.0. The van der Waals surface area contributed by atoms with Gasteiger partial charge in [-0.15, -0.1) is 0 Å². The Labute approximate surface area is 279 Å². The van der Waals surface area contributed by atoms with Crippen LogP contribution in [-0.2, 0) is 26.0 Å². The highest BCUT2D eigenvalue weighted by Gasteiger charge is 2.29. The second kappa shape index (κ2) is 16.3. The maximum Gasteiger partial charge on any atom is 0.410 e. The van der Waals surface area contributed by atoms with Crippen molar-refractivity contribution in [1.82, 2.24) is 9.62 Å². The van der Waals surface area contributed by atoms with Gasteiger partial charge in [0.15, 0.2) is 0 Å². The van der Waals surface area contributed by atoms with Gasteiger partial charge in [0, 0.05) is 18.5 Å². The molecule has 1 saturated carbocycles. The summed E-state index contributed by atoms with van der Waals surface area (Å²) in [5, 5.41) is 10.4. The molecular formula is C37H48N2O7S. The van der Waals surface area contributed by atoms with Crippen LogP contribution in [0.3, 0.4) is 0 Å².